The summed E-state index contributed by atoms with van der Waals surface area (Å²) in [6.07, 6.45) is 1.59. The predicted molar refractivity (Wildman–Crippen MR) is 73.4 cm³/mol. The molecule has 0 aliphatic carbocycles. The molecule has 1 atom stereocenters. The molecule has 1 aromatic carbocycles. The maximum atomic E-state index is 10.8. The Kier molecular flexibility index (Phi) is 6.24. The number of aliphatic hydroxyl groups excluding tert-OH is 1. The van der Waals surface area contributed by atoms with E-state index >= 15 is 0 Å². The van der Waals surface area contributed by atoms with Crippen LogP contribution in [0, 0.1) is 10.1 Å². The molecule has 0 spiro atoms. The van der Waals surface area contributed by atoms with Crippen molar-refractivity contribution in [3.8, 4) is 0 Å². The summed E-state index contributed by atoms with van der Waals surface area (Å²) >= 11 is 3.26. The maximum Gasteiger partial charge on any atom is 0.283 e. The van der Waals surface area contributed by atoms with Gasteiger partial charge in [0.05, 0.1) is 9.40 Å². The van der Waals surface area contributed by atoms with E-state index in [1.807, 2.05) is 13.0 Å². The minimum Gasteiger partial charge on any atom is -0.396 e. The van der Waals surface area contributed by atoms with Gasteiger partial charge in [-0.05, 0) is 34.3 Å². The van der Waals surface area contributed by atoms with Gasteiger partial charge in [0.1, 0.15) is 0 Å². The van der Waals surface area contributed by atoms with Crippen LogP contribution in [0.3, 0.4) is 0 Å². The SMILES string of the molecule is CCC(CCO)NCc1cccc([N+](=O)[O-])c1Br. The summed E-state index contributed by atoms with van der Waals surface area (Å²) in [5.41, 5.74) is 0.921. The van der Waals surface area contributed by atoms with E-state index < -0.39 is 4.92 Å². The zero-order chi connectivity index (χ0) is 13.5. The molecule has 6 heteroatoms. The summed E-state index contributed by atoms with van der Waals surface area (Å²) in [6, 6.07) is 5.21. The molecule has 5 nitrogen and oxygen atoms in total. The third-order valence-electron chi connectivity index (χ3n) is 2.81. The molecule has 0 aliphatic rings. The van der Waals surface area contributed by atoms with Crippen molar-refractivity contribution in [3.05, 3.63) is 38.3 Å². The van der Waals surface area contributed by atoms with E-state index in [4.69, 9.17) is 5.11 Å². The third-order valence-corrected chi connectivity index (χ3v) is 3.72. The summed E-state index contributed by atoms with van der Waals surface area (Å²) in [5, 5.41) is 23.0. The number of nitrogens with zero attached hydrogens (tertiary/aromatic N) is 1. The average molecular weight is 317 g/mol. The van der Waals surface area contributed by atoms with Gasteiger partial charge in [-0.1, -0.05) is 19.1 Å². The molecule has 0 saturated carbocycles. The van der Waals surface area contributed by atoms with E-state index in [1.165, 1.54) is 6.07 Å². The monoisotopic (exact) mass is 316 g/mol. The van der Waals surface area contributed by atoms with Crippen molar-refractivity contribution < 1.29 is 10.0 Å². The second kappa shape index (κ2) is 7.45. The normalized spacial score (nSPS) is 12.4. The molecule has 0 aromatic heterocycles. The van der Waals surface area contributed by atoms with Gasteiger partial charge in [-0.15, -0.1) is 0 Å². The van der Waals surface area contributed by atoms with Crippen LogP contribution in [-0.4, -0.2) is 22.7 Å². The van der Waals surface area contributed by atoms with E-state index in [-0.39, 0.29) is 18.3 Å². The average Bonchev–Trinajstić information content (AvgIpc) is 2.35. The Morgan fingerprint density at radius 3 is 2.83 bits per heavy atom. The molecule has 0 bridgehead atoms. The van der Waals surface area contributed by atoms with Crippen LogP contribution in [0.1, 0.15) is 25.3 Å². The molecule has 1 aromatic rings. The van der Waals surface area contributed by atoms with Crippen molar-refractivity contribution in [1.82, 2.24) is 5.32 Å². The van der Waals surface area contributed by atoms with Gasteiger partial charge in [-0.25, -0.2) is 0 Å². The smallest absolute Gasteiger partial charge is 0.283 e. The van der Waals surface area contributed by atoms with Crippen LogP contribution in [0.15, 0.2) is 22.7 Å². The van der Waals surface area contributed by atoms with Crippen molar-refractivity contribution in [1.29, 1.82) is 0 Å². The van der Waals surface area contributed by atoms with Crippen LogP contribution in [0.4, 0.5) is 5.69 Å². The first kappa shape index (κ1) is 15.1. The first-order valence-electron chi connectivity index (χ1n) is 5.86. The standard InChI is InChI=1S/C12H17BrN2O3/c1-2-10(6-7-16)14-8-9-4-3-5-11(12(9)13)15(17)18/h3-5,10,14,16H,2,6-8H2,1H3. The lowest BCUT2D eigenvalue weighted by Gasteiger charge is -2.16. The Labute approximate surface area is 114 Å². The Morgan fingerprint density at radius 1 is 1.56 bits per heavy atom. The number of nitrogens with one attached hydrogen (secondary N) is 1. The number of hydrogen-bond acceptors (Lipinski definition) is 4. The minimum atomic E-state index is -0.404. The number of rotatable bonds is 7. The topological polar surface area (TPSA) is 75.4 Å². The fourth-order valence-electron chi connectivity index (χ4n) is 1.70. The molecule has 2 N–H and O–H groups in total. The number of hydrogen-bond donors (Lipinski definition) is 2. The third kappa shape index (κ3) is 4.04. The number of halogens is 1. The largest absolute Gasteiger partial charge is 0.396 e. The summed E-state index contributed by atoms with van der Waals surface area (Å²) in [7, 11) is 0. The van der Waals surface area contributed by atoms with E-state index in [0.717, 1.165) is 12.0 Å². The molecular formula is C12H17BrN2O3. The van der Waals surface area contributed by atoms with Gasteiger partial charge in [-0.2, -0.15) is 0 Å². The molecule has 0 aliphatic heterocycles. The van der Waals surface area contributed by atoms with Gasteiger partial charge >= 0.3 is 0 Å². The highest BCUT2D eigenvalue weighted by Crippen LogP contribution is 2.28. The number of aliphatic hydroxyl groups is 1. The zero-order valence-corrected chi connectivity index (χ0v) is 11.8. The van der Waals surface area contributed by atoms with Gasteiger partial charge in [0.25, 0.3) is 5.69 Å². The molecule has 0 fully saturated rings. The lowest BCUT2D eigenvalue weighted by Crippen LogP contribution is -2.29. The Balaban J connectivity index is 2.73. The Morgan fingerprint density at radius 2 is 2.28 bits per heavy atom. The highest BCUT2D eigenvalue weighted by Gasteiger charge is 2.15. The Hall–Kier alpha value is -0.980. The van der Waals surface area contributed by atoms with Gasteiger partial charge in [-0.3, -0.25) is 10.1 Å². The van der Waals surface area contributed by atoms with Gasteiger partial charge in [0, 0.05) is 25.3 Å². The molecule has 0 radical (unpaired) electrons. The fraction of sp³-hybridized carbons (Fsp3) is 0.500. The summed E-state index contributed by atoms with van der Waals surface area (Å²) in [5.74, 6) is 0. The van der Waals surface area contributed by atoms with E-state index in [9.17, 15) is 10.1 Å². The second-order valence-electron chi connectivity index (χ2n) is 4.01. The zero-order valence-electron chi connectivity index (χ0n) is 10.2. The first-order chi connectivity index (χ1) is 8.60. The predicted octanol–water partition coefficient (Wildman–Crippen LogP) is 2.61. The molecular weight excluding hydrogens is 300 g/mol. The fourth-order valence-corrected chi connectivity index (χ4v) is 2.25. The molecule has 0 heterocycles. The number of nitro benzene ring substituents is 1. The Bertz CT molecular complexity index is 412. The van der Waals surface area contributed by atoms with Crippen LogP contribution < -0.4 is 5.32 Å². The van der Waals surface area contributed by atoms with Crippen LogP contribution in [-0.2, 0) is 6.54 Å². The first-order valence-corrected chi connectivity index (χ1v) is 6.65. The highest BCUT2D eigenvalue weighted by atomic mass is 79.9. The quantitative estimate of drug-likeness (QED) is 0.599. The number of nitro groups is 1. The molecule has 18 heavy (non-hydrogen) atoms. The van der Waals surface area contributed by atoms with Gasteiger partial charge in [0.15, 0.2) is 0 Å². The maximum absolute atomic E-state index is 10.8. The molecule has 0 saturated heterocycles. The molecule has 0 amide bonds. The minimum absolute atomic E-state index is 0.0736. The van der Waals surface area contributed by atoms with Gasteiger partial charge < -0.3 is 10.4 Å². The molecule has 1 unspecified atom stereocenters. The van der Waals surface area contributed by atoms with Crippen molar-refractivity contribution >= 4 is 21.6 Å². The van der Waals surface area contributed by atoms with Crippen molar-refractivity contribution in [2.75, 3.05) is 6.61 Å². The molecule has 1 rings (SSSR count). The van der Waals surface area contributed by atoms with E-state index in [2.05, 4.69) is 21.2 Å². The van der Waals surface area contributed by atoms with E-state index in [0.29, 0.717) is 17.4 Å². The number of benzene rings is 1. The van der Waals surface area contributed by atoms with Crippen LogP contribution in [0.2, 0.25) is 0 Å². The summed E-state index contributed by atoms with van der Waals surface area (Å²) in [4.78, 5) is 10.4. The van der Waals surface area contributed by atoms with Crippen molar-refractivity contribution in [2.24, 2.45) is 0 Å². The van der Waals surface area contributed by atoms with Crippen molar-refractivity contribution in [2.45, 2.75) is 32.4 Å². The summed E-state index contributed by atoms with van der Waals surface area (Å²) in [6.45, 7) is 2.72. The second-order valence-corrected chi connectivity index (χ2v) is 4.80. The molecule has 100 valence electrons. The lowest BCUT2D eigenvalue weighted by atomic mass is 10.1. The lowest BCUT2D eigenvalue weighted by molar-refractivity contribution is -0.385. The van der Waals surface area contributed by atoms with Gasteiger partial charge in [0.2, 0.25) is 0 Å². The van der Waals surface area contributed by atoms with Crippen LogP contribution >= 0.6 is 15.9 Å². The van der Waals surface area contributed by atoms with Crippen LogP contribution in [0.5, 0.6) is 0 Å². The summed E-state index contributed by atoms with van der Waals surface area (Å²) < 4.78 is 0.515. The van der Waals surface area contributed by atoms with E-state index in [1.54, 1.807) is 6.07 Å². The van der Waals surface area contributed by atoms with Crippen molar-refractivity contribution in [3.63, 3.8) is 0 Å². The highest BCUT2D eigenvalue weighted by molar-refractivity contribution is 9.10. The van der Waals surface area contributed by atoms with Crippen LogP contribution in [0.25, 0.3) is 0 Å².